The Morgan fingerprint density at radius 1 is 1.33 bits per heavy atom. The van der Waals surface area contributed by atoms with Crippen molar-refractivity contribution >= 4 is 0 Å². The molecule has 0 aromatic rings. The molecule has 0 aromatic carbocycles. The molecule has 1 heteroatoms. The van der Waals surface area contributed by atoms with E-state index in [1.54, 1.807) is 0 Å². The van der Waals surface area contributed by atoms with E-state index in [9.17, 15) is 0 Å². The molecule has 2 aliphatic rings. The summed E-state index contributed by atoms with van der Waals surface area (Å²) in [6.45, 7) is 4.91. The van der Waals surface area contributed by atoms with Gasteiger partial charge in [-0.05, 0) is 50.0 Å². The van der Waals surface area contributed by atoms with Crippen molar-refractivity contribution in [3.8, 4) is 0 Å². The molecule has 70 valence electrons. The van der Waals surface area contributed by atoms with Gasteiger partial charge >= 0.3 is 0 Å². The third kappa shape index (κ3) is 2.22. The van der Waals surface area contributed by atoms with Crippen LogP contribution in [0.15, 0.2) is 0 Å². The van der Waals surface area contributed by atoms with Crippen LogP contribution in [0.1, 0.15) is 45.4 Å². The summed E-state index contributed by atoms with van der Waals surface area (Å²) in [6, 6.07) is 0. The Hall–Kier alpha value is -0.0400. The van der Waals surface area contributed by atoms with Crippen molar-refractivity contribution in [2.24, 2.45) is 11.3 Å². The van der Waals surface area contributed by atoms with Crippen LogP contribution in [0.3, 0.4) is 0 Å². The first-order valence-electron chi connectivity index (χ1n) is 5.55. The van der Waals surface area contributed by atoms with Crippen molar-refractivity contribution in [3.05, 3.63) is 0 Å². The van der Waals surface area contributed by atoms with E-state index in [4.69, 9.17) is 0 Å². The molecule has 0 radical (unpaired) electrons. The van der Waals surface area contributed by atoms with Gasteiger partial charge in [-0.15, -0.1) is 0 Å². The first kappa shape index (κ1) is 8.55. The smallest absolute Gasteiger partial charge is 0.000793 e. The number of nitrogens with one attached hydrogen (secondary N) is 1. The Bertz CT molecular complexity index is 145. The van der Waals surface area contributed by atoms with Gasteiger partial charge < -0.3 is 5.32 Å². The monoisotopic (exact) mass is 167 g/mol. The maximum Gasteiger partial charge on any atom is 0.000793 e. The molecule has 12 heavy (non-hydrogen) atoms. The van der Waals surface area contributed by atoms with E-state index < -0.39 is 0 Å². The van der Waals surface area contributed by atoms with Crippen LogP contribution in [0, 0.1) is 11.3 Å². The van der Waals surface area contributed by atoms with Crippen LogP contribution in [-0.4, -0.2) is 13.1 Å². The van der Waals surface area contributed by atoms with Crippen molar-refractivity contribution in [1.29, 1.82) is 0 Å². The molecule has 1 nitrogen and oxygen atoms in total. The van der Waals surface area contributed by atoms with Crippen molar-refractivity contribution in [2.45, 2.75) is 45.4 Å². The van der Waals surface area contributed by atoms with Crippen LogP contribution in [0.5, 0.6) is 0 Å². The second-order valence-electron chi connectivity index (χ2n) is 4.82. The fourth-order valence-corrected chi connectivity index (χ4v) is 2.09. The molecule has 2 rings (SSSR count). The molecular formula is C11H21N. The normalized spacial score (nSPS) is 25.8. The molecule has 0 unspecified atom stereocenters. The summed E-state index contributed by atoms with van der Waals surface area (Å²) in [6.07, 6.45) is 8.74. The highest BCUT2D eigenvalue weighted by molar-refractivity contribution is 4.94. The van der Waals surface area contributed by atoms with E-state index in [1.165, 1.54) is 51.6 Å². The van der Waals surface area contributed by atoms with Crippen molar-refractivity contribution < 1.29 is 0 Å². The summed E-state index contributed by atoms with van der Waals surface area (Å²) in [5, 5.41) is 3.63. The molecule has 2 fully saturated rings. The number of hydrogen-bond acceptors (Lipinski definition) is 1. The largest absolute Gasteiger partial charge is 0.316 e. The van der Waals surface area contributed by atoms with Gasteiger partial charge in [-0.3, -0.25) is 0 Å². The fourth-order valence-electron chi connectivity index (χ4n) is 2.09. The van der Waals surface area contributed by atoms with Crippen molar-refractivity contribution in [2.75, 3.05) is 13.1 Å². The van der Waals surface area contributed by atoms with Crippen LogP contribution in [0.4, 0.5) is 0 Å². The molecule has 0 aliphatic heterocycles. The first-order chi connectivity index (χ1) is 5.85. The Morgan fingerprint density at radius 3 is 2.58 bits per heavy atom. The molecule has 0 saturated heterocycles. The Balaban J connectivity index is 1.58. The quantitative estimate of drug-likeness (QED) is 0.641. The number of hydrogen-bond donors (Lipinski definition) is 1. The maximum atomic E-state index is 3.63. The SMILES string of the molecule is CCCC1(CNCC2CC2)CC1. The Kier molecular flexibility index (Phi) is 2.40. The zero-order chi connectivity index (χ0) is 8.44. The van der Waals surface area contributed by atoms with Gasteiger partial charge in [-0.1, -0.05) is 13.3 Å². The van der Waals surface area contributed by atoms with Gasteiger partial charge in [0.15, 0.2) is 0 Å². The van der Waals surface area contributed by atoms with Gasteiger partial charge in [0.1, 0.15) is 0 Å². The van der Waals surface area contributed by atoms with E-state index in [1.807, 2.05) is 0 Å². The van der Waals surface area contributed by atoms with Gasteiger partial charge in [0.2, 0.25) is 0 Å². The van der Waals surface area contributed by atoms with Crippen LogP contribution in [0.25, 0.3) is 0 Å². The van der Waals surface area contributed by atoms with E-state index in [0.717, 1.165) is 11.3 Å². The molecular weight excluding hydrogens is 146 g/mol. The summed E-state index contributed by atoms with van der Waals surface area (Å²) >= 11 is 0. The van der Waals surface area contributed by atoms with Gasteiger partial charge in [0.05, 0.1) is 0 Å². The Labute approximate surface area is 75.9 Å². The summed E-state index contributed by atoms with van der Waals surface area (Å²) < 4.78 is 0. The van der Waals surface area contributed by atoms with E-state index in [2.05, 4.69) is 12.2 Å². The first-order valence-corrected chi connectivity index (χ1v) is 5.55. The standard InChI is InChI=1S/C11H21N/c1-2-5-11(6-7-11)9-12-8-10-3-4-10/h10,12H,2-9H2,1H3. The maximum absolute atomic E-state index is 3.63. The fraction of sp³-hybridized carbons (Fsp3) is 1.00. The molecule has 0 bridgehead atoms. The lowest BCUT2D eigenvalue weighted by Gasteiger charge is -2.14. The van der Waals surface area contributed by atoms with E-state index in [0.29, 0.717) is 0 Å². The summed E-state index contributed by atoms with van der Waals surface area (Å²) in [5.41, 5.74) is 0.754. The zero-order valence-electron chi connectivity index (χ0n) is 8.23. The van der Waals surface area contributed by atoms with Gasteiger partial charge in [0, 0.05) is 6.54 Å². The highest BCUT2D eigenvalue weighted by Crippen LogP contribution is 2.49. The predicted molar refractivity (Wildman–Crippen MR) is 52.2 cm³/mol. The zero-order valence-corrected chi connectivity index (χ0v) is 8.23. The minimum atomic E-state index is 0.754. The second kappa shape index (κ2) is 3.37. The highest BCUT2D eigenvalue weighted by atomic mass is 14.9. The molecule has 0 amide bonds. The third-order valence-electron chi connectivity index (χ3n) is 3.37. The average molecular weight is 167 g/mol. The predicted octanol–water partition coefficient (Wildman–Crippen LogP) is 2.57. The molecule has 0 spiro atoms. The lowest BCUT2D eigenvalue weighted by atomic mass is 10.0. The molecule has 0 aromatic heterocycles. The summed E-state index contributed by atoms with van der Waals surface area (Å²) in [5.74, 6) is 1.04. The van der Waals surface area contributed by atoms with Crippen molar-refractivity contribution in [3.63, 3.8) is 0 Å². The van der Waals surface area contributed by atoms with Crippen LogP contribution < -0.4 is 5.32 Å². The minimum absolute atomic E-state index is 0.754. The Morgan fingerprint density at radius 2 is 2.08 bits per heavy atom. The van der Waals surface area contributed by atoms with Crippen molar-refractivity contribution in [1.82, 2.24) is 5.32 Å². The molecule has 1 N–H and O–H groups in total. The van der Waals surface area contributed by atoms with Crippen LogP contribution >= 0.6 is 0 Å². The van der Waals surface area contributed by atoms with Crippen LogP contribution in [-0.2, 0) is 0 Å². The molecule has 0 atom stereocenters. The van der Waals surface area contributed by atoms with Gasteiger partial charge in [0.25, 0.3) is 0 Å². The van der Waals surface area contributed by atoms with E-state index in [-0.39, 0.29) is 0 Å². The minimum Gasteiger partial charge on any atom is -0.316 e. The topological polar surface area (TPSA) is 12.0 Å². The summed E-state index contributed by atoms with van der Waals surface area (Å²) in [7, 11) is 0. The highest BCUT2D eigenvalue weighted by Gasteiger charge is 2.40. The van der Waals surface area contributed by atoms with Gasteiger partial charge in [-0.25, -0.2) is 0 Å². The molecule has 2 saturated carbocycles. The number of rotatable bonds is 6. The van der Waals surface area contributed by atoms with E-state index >= 15 is 0 Å². The molecule has 0 heterocycles. The lowest BCUT2D eigenvalue weighted by Crippen LogP contribution is -2.25. The second-order valence-corrected chi connectivity index (χ2v) is 4.82. The average Bonchev–Trinajstić information content (AvgIpc) is 2.87. The summed E-state index contributed by atoms with van der Waals surface area (Å²) in [4.78, 5) is 0. The van der Waals surface area contributed by atoms with Crippen LogP contribution in [0.2, 0.25) is 0 Å². The lowest BCUT2D eigenvalue weighted by molar-refractivity contribution is 0.417. The van der Waals surface area contributed by atoms with Gasteiger partial charge in [-0.2, -0.15) is 0 Å². The molecule has 2 aliphatic carbocycles. The third-order valence-corrected chi connectivity index (χ3v) is 3.37.